The number of hydrogen-bond donors (Lipinski definition) is 2. The first-order valence-electron chi connectivity index (χ1n) is 5.58. The molecule has 0 fully saturated rings. The molecule has 0 saturated carbocycles. The lowest BCUT2D eigenvalue weighted by Crippen LogP contribution is -2.24. The molecule has 0 unspecified atom stereocenters. The Labute approximate surface area is 116 Å². The van der Waals surface area contributed by atoms with Crippen molar-refractivity contribution in [2.75, 3.05) is 0 Å². The lowest BCUT2D eigenvalue weighted by Gasteiger charge is -2.06. The molecule has 0 aliphatic heterocycles. The Kier molecular flexibility index (Phi) is 5.75. The monoisotopic (exact) mass is 307 g/mol. The Morgan fingerprint density at radius 3 is 2.70 bits per heavy atom. The second-order valence-electron chi connectivity index (χ2n) is 3.91. The highest BCUT2D eigenvalue weighted by Gasteiger charge is 2.27. The van der Waals surface area contributed by atoms with Crippen LogP contribution in [0, 0.1) is 0 Å². The van der Waals surface area contributed by atoms with E-state index in [9.17, 15) is 22.8 Å². The first kappa shape index (κ1) is 16.2. The van der Waals surface area contributed by atoms with Gasteiger partial charge in [0.2, 0.25) is 5.91 Å². The lowest BCUT2D eigenvalue weighted by molar-refractivity contribution is -0.144. The van der Waals surface area contributed by atoms with Crippen LogP contribution in [0.4, 0.5) is 13.2 Å². The molecule has 0 aliphatic carbocycles. The summed E-state index contributed by atoms with van der Waals surface area (Å²) in [7, 11) is 0. The van der Waals surface area contributed by atoms with E-state index in [1.54, 1.807) is 11.4 Å². The summed E-state index contributed by atoms with van der Waals surface area (Å²) in [6.45, 7) is 0.127. The molecule has 2 N–H and O–H groups in total. The molecule has 1 rings (SSSR count). The van der Waals surface area contributed by atoms with Gasteiger partial charge in [0.25, 0.3) is 0 Å². The summed E-state index contributed by atoms with van der Waals surface area (Å²) < 4.78 is 35.7. The van der Waals surface area contributed by atoms with Gasteiger partial charge in [-0.3, -0.25) is 4.79 Å². The van der Waals surface area contributed by atoms with Crippen molar-refractivity contribution < 1.29 is 27.9 Å². The van der Waals surface area contributed by atoms with Gasteiger partial charge in [0.15, 0.2) is 0 Å². The first-order valence-corrected chi connectivity index (χ1v) is 6.46. The highest BCUT2D eigenvalue weighted by molar-refractivity contribution is 7.10. The van der Waals surface area contributed by atoms with E-state index in [4.69, 9.17) is 5.11 Å². The fraction of sp³-hybridized carbons (Fsp3) is 0.333. The molecule has 0 atom stereocenters. The van der Waals surface area contributed by atoms with Crippen LogP contribution in [-0.2, 0) is 16.1 Å². The maximum atomic E-state index is 11.9. The molecule has 8 heteroatoms. The molecule has 1 aromatic rings. The predicted molar refractivity (Wildman–Crippen MR) is 68.1 cm³/mol. The van der Waals surface area contributed by atoms with E-state index >= 15 is 0 Å². The van der Waals surface area contributed by atoms with Crippen LogP contribution >= 0.6 is 11.3 Å². The quantitative estimate of drug-likeness (QED) is 0.794. The van der Waals surface area contributed by atoms with Crippen LogP contribution in [0.25, 0.3) is 6.08 Å². The second kappa shape index (κ2) is 7.09. The van der Waals surface area contributed by atoms with Crippen LogP contribution in [0.1, 0.15) is 23.3 Å². The maximum Gasteiger partial charge on any atom is 0.389 e. The number of carboxylic acids is 1. The van der Waals surface area contributed by atoms with Crippen LogP contribution in [0.3, 0.4) is 0 Å². The number of aliphatic carboxylic acids is 1. The summed E-state index contributed by atoms with van der Waals surface area (Å²) in [5.41, 5.74) is 0.664. The number of halogens is 3. The van der Waals surface area contributed by atoms with Gasteiger partial charge in [-0.15, -0.1) is 11.3 Å². The maximum absolute atomic E-state index is 11.9. The van der Waals surface area contributed by atoms with Gasteiger partial charge in [-0.2, -0.15) is 13.2 Å². The number of hydrogen-bond acceptors (Lipinski definition) is 3. The molecule has 0 bridgehead atoms. The van der Waals surface area contributed by atoms with Crippen molar-refractivity contribution in [3.63, 3.8) is 0 Å². The molecular weight excluding hydrogens is 295 g/mol. The third-order valence-corrected chi connectivity index (χ3v) is 3.14. The topological polar surface area (TPSA) is 66.4 Å². The molecule has 110 valence electrons. The SMILES string of the molecule is O=C(O)C=Cc1csc(CNC(=O)CCC(F)(F)F)c1. The second-order valence-corrected chi connectivity index (χ2v) is 4.91. The third-order valence-electron chi connectivity index (χ3n) is 2.19. The van der Waals surface area contributed by atoms with Crippen LogP contribution in [0.5, 0.6) is 0 Å². The summed E-state index contributed by atoms with van der Waals surface area (Å²) in [5, 5.41) is 12.5. The molecule has 1 heterocycles. The van der Waals surface area contributed by atoms with Gasteiger partial charge < -0.3 is 10.4 Å². The van der Waals surface area contributed by atoms with Gasteiger partial charge in [0.1, 0.15) is 0 Å². The third kappa shape index (κ3) is 6.93. The molecule has 0 aliphatic rings. The zero-order valence-electron chi connectivity index (χ0n) is 10.2. The molecule has 0 aromatic carbocycles. The smallest absolute Gasteiger partial charge is 0.389 e. The minimum Gasteiger partial charge on any atom is -0.478 e. The summed E-state index contributed by atoms with van der Waals surface area (Å²) in [6, 6.07) is 1.66. The van der Waals surface area contributed by atoms with E-state index in [1.807, 2.05) is 0 Å². The summed E-state index contributed by atoms with van der Waals surface area (Å²) in [5.74, 6) is -1.74. The number of nitrogens with one attached hydrogen (secondary N) is 1. The minimum absolute atomic E-state index is 0.127. The van der Waals surface area contributed by atoms with E-state index in [0.29, 0.717) is 5.56 Å². The molecule has 1 amide bonds. The summed E-state index contributed by atoms with van der Waals surface area (Å²) in [6.07, 6.45) is -3.70. The summed E-state index contributed by atoms with van der Waals surface area (Å²) in [4.78, 5) is 22.2. The molecular formula is C12H12F3NO3S. The van der Waals surface area contributed by atoms with E-state index in [0.717, 1.165) is 11.0 Å². The highest BCUT2D eigenvalue weighted by Crippen LogP contribution is 2.21. The number of thiophene rings is 1. The molecule has 4 nitrogen and oxygen atoms in total. The van der Waals surface area contributed by atoms with E-state index in [1.165, 1.54) is 17.4 Å². The van der Waals surface area contributed by atoms with Gasteiger partial charge in [-0.25, -0.2) is 4.79 Å². The Bertz CT molecular complexity index is 508. The first-order chi connectivity index (χ1) is 9.26. The normalized spacial score (nSPS) is 11.8. The van der Waals surface area contributed by atoms with Gasteiger partial charge in [0, 0.05) is 17.4 Å². The van der Waals surface area contributed by atoms with Crippen LogP contribution in [-0.4, -0.2) is 23.2 Å². The molecule has 0 radical (unpaired) electrons. The van der Waals surface area contributed by atoms with Crippen molar-refractivity contribution in [3.05, 3.63) is 28.0 Å². The molecule has 0 spiro atoms. The zero-order chi connectivity index (χ0) is 15.2. The fourth-order valence-electron chi connectivity index (χ4n) is 1.27. The Morgan fingerprint density at radius 2 is 2.10 bits per heavy atom. The fourth-order valence-corrected chi connectivity index (χ4v) is 2.07. The largest absolute Gasteiger partial charge is 0.478 e. The van der Waals surface area contributed by atoms with Crippen molar-refractivity contribution in [1.82, 2.24) is 5.32 Å². The number of carbonyl (C=O) groups excluding carboxylic acids is 1. The van der Waals surface area contributed by atoms with Crippen LogP contribution in [0.2, 0.25) is 0 Å². The summed E-state index contributed by atoms with van der Waals surface area (Å²) >= 11 is 1.29. The van der Waals surface area contributed by atoms with E-state index in [-0.39, 0.29) is 6.54 Å². The number of carboxylic acid groups (broad SMARTS) is 1. The van der Waals surface area contributed by atoms with Crippen molar-refractivity contribution >= 4 is 29.3 Å². The standard InChI is InChI=1S/C12H12F3NO3S/c13-12(14,15)4-3-10(17)16-6-9-5-8(7-20-9)1-2-11(18)19/h1-2,5,7H,3-4,6H2,(H,16,17)(H,18,19). The van der Waals surface area contributed by atoms with Crippen molar-refractivity contribution in [2.45, 2.75) is 25.6 Å². The van der Waals surface area contributed by atoms with E-state index < -0.39 is 30.9 Å². The lowest BCUT2D eigenvalue weighted by atomic mass is 10.2. The Morgan fingerprint density at radius 1 is 1.40 bits per heavy atom. The minimum atomic E-state index is -4.34. The van der Waals surface area contributed by atoms with Gasteiger partial charge in [0.05, 0.1) is 13.0 Å². The number of amides is 1. The number of carbonyl (C=O) groups is 2. The number of rotatable bonds is 6. The zero-order valence-corrected chi connectivity index (χ0v) is 11.1. The predicted octanol–water partition coefficient (Wildman–Crippen LogP) is 2.80. The Balaban J connectivity index is 2.39. The van der Waals surface area contributed by atoms with Gasteiger partial charge >= 0.3 is 12.1 Å². The Hall–Kier alpha value is -1.83. The number of alkyl halides is 3. The van der Waals surface area contributed by atoms with Gasteiger partial charge in [-0.1, -0.05) is 0 Å². The van der Waals surface area contributed by atoms with Crippen LogP contribution < -0.4 is 5.32 Å². The average Bonchev–Trinajstić information content (AvgIpc) is 2.78. The average molecular weight is 307 g/mol. The highest BCUT2D eigenvalue weighted by atomic mass is 32.1. The van der Waals surface area contributed by atoms with Crippen molar-refractivity contribution in [2.24, 2.45) is 0 Å². The molecule has 20 heavy (non-hydrogen) atoms. The molecule has 1 aromatic heterocycles. The van der Waals surface area contributed by atoms with Crippen molar-refractivity contribution in [1.29, 1.82) is 0 Å². The van der Waals surface area contributed by atoms with Gasteiger partial charge in [-0.05, 0) is 23.1 Å². The van der Waals surface area contributed by atoms with Crippen molar-refractivity contribution in [3.8, 4) is 0 Å². The van der Waals surface area contributed by atoms with Crippen LogP contribution in [0.15, 0.2) is 17.5 Å². The van der Waals surface area contributed by atoms with E-state index in [2.05, 4.69) is 5.32 Å². The molecule has 0 saturated heterocycles.